The number of nitrogens with one attached hydrogen (secondary N) is 1. The summed E-state index contributed by atoms with van der Waals surface area (Å²) in [5.41, 5.74) is -4.19. The molecule has 2 heterocycles. The van der Waals surface area contributed by atoms with Gasteiger partial charge < -0.3 is 24.8 Å². The van der Waals surface area contributed by atoms with Crippen LogP contribution in [0.1, 0.15) is 44.0 Å². The molecule has 34 heavy (non-hydrogen) atoms. The molecule has 2 atom stereocenters. The van der Waals surface area contributed by atoms with Crippen molar-refractivity contribution in [2.24, 2.45) is 5.41 Å². The van der Waals surface area contributed by atoms with Crippen molar-refractivity contribution in [1.82, 2.24) is 10.4 Å². The summed E-state index contributed by atoms with van der Waals surface area (Å²) in [6.45, 7) is 3.96. The second kappa shape index (κ2) is 8.64. The molecule has 0 spiro atoms. The minimum absolute atomic E-state index is 0.0440. The predicted octanol–water partition coefficient (Wildman–Crippen LogP) is 1.75. The monoisotopic (exact) mass is 505 g/mol. The van der Waals surface area contributed by atoms with Gasteiger partial charge in [-0.05, 0) is 51.8 Å². The van der Waals surface area contributed by atoms with Gasteiger partial charge >= 0.3 is 12.1 Å². The number of hydrogen-bond donors (Lipinski definition) is 4. The highest BCUT2D eigenvalue weighted by molar-refractivity contribution is 6.32. The van der Waals surface area contributed by atoms with E-state index < -0.39 is 60.1 Å². The van der Waals surface area contributed by atoms with Crippen molar-refractivity contribution in [3.8, 4) is 0 Å². The van der Waals surface area contributed by atoms with Crippen LogP contribution < -0.4 is 10.4 Å². The highest BCUT2D eigenvalue weighted by Gasteiger charge is 2.76. The van der Waals surface area contributed by atoms with Crippen LogP contribution in [0.3, 0.4) is 0 Å². The van der Waals surface area contributed by atoms with Crippen LogP contribution in [0.4, 0.5) is 19.0 Å². The van der Waals surface area contributed by atoms with E-state index in [1.54, 1.807) is 20.8 Å². The summed E-state index contributed by atoms with van der Waals surface area (Å²) < 4.78 is 50.4. The number of halogens is 4. The van der Waals surface area contributed by atoms with Gasteiger partial charge in [0.25, 0.3) is 0 Å². The standard InChI is InChI=1S/C20H24BClF3N3O6/c1-16(2,3)34-15(29)11-4-5-12(26-14(11)22)28-9-6-13(27-28)33-10-18(30,31)19(21,32)17(7-8-17)20(23,24)25/h4-6,9,13,27,30-32H,7-8,10H2,1-3H3. The molecule has 0 bridgehead atoms. The van der Waals surface area contributed by atoms with E-state index in [0.717, 1.165) is 0 Å². The molecule has 9 nitrogen and oxygen atoms in total. The average Bonchev–Trinajstić information content (AvgIpc) is 3.39. The number of aliphatic hydroxyl groups is 3. The van der Waals surface area contributed by atoms with E-state index in [-0.39, 0.29) is 16.5 Å². The summed E-state index contributed by atoms with van der Waals surface area (Å²) in [6.07, 6.45) is -4.26. The van der Waals surface area contributed by atoms with Gasteiger partial charge in [-0.15, -0.1) is 0 Å². The van der Waals surface area contributed by atoms with Crippen molar-refractivity contribution in [2.45, 2.75) is 62.9 Å². The Balaban J connectivity index is 1.62. The minimum Gasteiger partial charge on any atom is -0.456 e. The van der Waals surface area contributed by atoms with Gasteiger partial charge in [-0.3, -0.25) is 5.01 Å². The second-order valence-corrected chi connectivity index (χ2v) is 9.60. The molecule has 1 aromatic rings. The Kier molecular flexibility index (Phi) is 6.79. The molecule has 186 valence electrons. The van der Waals surface area contributed by atoms with E-state index in [1.807, 2.05) is 0 Å². The predicted molar refractivity (Wildman–Crippen MR) is 115 cm³/mol. The van der Waals surface area contributed by atoms with Crippen LogP contribution in [0.15, 0.2) is 24.4 Å². The molecule has 3 rings (SSSR count). The molecule has 1 saturated carbocycles. The van der Waals surface area contributed by atoms with Gasteiger partial charge in [0.05, 0.1) is 16.5 Å². The zero-order chi connectivity index (χ0) is 25.7. The van der Waals surface area contributed by atoms with Crippen molar-refractivity contribution in [2.75, 3.05) is 11.6 Å². The van der Waals surface area contributed by atoms with E-state index in [1.165, 1.54) is 29.4 Å². The second-order valence-electron chi connectivity index (χ2n) is 9.24. The molecule has 1 aliphatic heterocycles. The average molecular weight is 506 g/mol. The Morgan fingerprint density at radius 2 is 1.91 bits per heavy atom. The van der Waals surface area contributed by atoms with Crippen LogP contribution in [-0.2, 0) is 9.47 Å². The fourth-order valence-electron chi connectivity index (χ4n) is 3.37. The summed E-state index contributed by atoms with van der Waals surface area (Å²) in [7, 11) is 5.36. The van der Waals surface area contributed by atoms with Gasteiger partial charge in [0, 0.05) is 6.20 Å². The van der Waals surface area contributed by atoms with Crippen molar-refractivity contribution >= 4 is 31.2 Å². The number of anilines is 1. The quantitative estimate of drug-likeness (QED) is 0.190. The first kappa shape index (κ1) is 26.7. The number of carbonyl (C=O) groups excluding carboxylic acids is 1. The number of carbonyl (C=O) groups is 1. The van der Waals surface area contributed by atoms with E-state index in [2.05, 4.69) is 10.4 Å². The molecule has 0 aromatic carbocycles. The number of aromatic nitrogens is 1. The van der Waals surface area contributed by atoms with Crippen LogP contribution in [0, 0.1) is 5.41 Å². The number of rotatable bonds is 7. The number of alkyl halides is 3. The summed E-state index contributed by atoms with van der Waals surface area (Å²) in [5.74, 6) is -3.84. The Bertz CT molecular complexity index is 979. The van der Waals surface area contributed by atoms with Gasteiger partial charge in [-0.1, -0.05) is 11.6 Å². The molecule has 14 heteroatoms. The summed E-state index contributed by atoms with van der Waals surface area (Å²) in [4.78, 5) is 16.3. The zero-order valence-electron chi connectivity index (χ0n) is 18.6. The lowest BCUT2D eigenvalue weighted by Gasteiger charge is -2.44. The molecule has 1 fully saturated rings. The van der Waals surface area contributed by atoms with E-state index >= 15 is 0 Å². The SMILES string of the molecule is [B]C(O)(C(O)(O)COC1C=CN(c2ccc(C(=O)OC(C)(C)C)c(Cl)n2)N1)C1(C(F)(F)F)CC1. The maximum absolute atomic E-state index is 13.3. The molecule has 2 aliphatic rings. The van der Waals surface area contributed by atoms with Gasteiger partial charge in [-0.2, -0.15) is 18.6 Å². The van der Waals surface area contributed by atoms with Gasteiger partial charge in [0.1, 0.15) is 37.3 Å². The summed E-state index contributed by atoms with van der Waals surface area (Å²) >= 11 is 6.10. The third-order valence-corrected chi connectivity index (χ3v) is 5.76. The number of hydrazine groups is 1. The molecular formula is C20H24BClF3N3O6. The highest BCUT2D eigenvalue weighted by atomic mass is 35.5. The molecule has 2 radical (unpaired) electrons. The largest absolute Gasteiger partial charge is 0.456 e. The fourth-order valence-corrected chi connectivity index (χ4v) is 3.60. The summed E-state index contributed by atoms with van der Waals surface area (Å²) in [5, 5.41) is 31.7. The van der Waals surface area contributed by atoms with E-state index in [4.69, 9.17) is 28.9 Å². The van der Waals surface area contributed by atoms with E-state index in [0.29, 0.717) is 0 Å². The molecule has 2 unspecified atom stereocenters. The Hall–Kier alpha value is -1.90. The lowest BCUT2D eigenvalue weighted by Crippen LogP contribution is -2.66. The number of pyridine rings is 1. The maximum Gasteiger partial charge on any atom is 0.396 e. The molecule has 4 N–H and O–H groups in total. The minimum atomic E-state index is -4.94. The first-order valence-electron chi connectivity index (χ1n) is 10.2. The maximum atomic E-state index is 13.3. The van der Waals surface area contributed by atoms with Crippen LogP contribution in [-0.4, -0.2) is 70.0 Å². The third kappa shape index (κ3) is 5.04. The number of nitrogens with zero attached hydrogens (tertiary/aromatic N) is 2. The van der Waals surface area contributed by atoms with Crippen molar-refractivity contribution in [3.63, 3.8) is 0 Å². The Morgan fingerprint density at radius 1 is 1.29 bits per heavy atom. The number of hydrogen-bond acceptors (Lipinski definition) is 9. The molecule has 0 amide bonds. The van der Waals surface area contributed by atoms with Gasteiger partial charge in [0.15, 0.2) is 0 Å². The van der Waals surface area contributed by atoms with Crippen molar-refractivity contribution < 1.29 is 42.8 Å². The molecule has 1 aromatic heterocycles. The topological polar surface area (TPSA) is 124 Å². The summed E-state index contributed by atoms with van der Waals surface area (Å²) in [6, 6.07) is 2.85. The fraction of sp³-hybridized carbons (Fsp3) is 0.600. The van der Waals surface area contributed by atoms with Gasteiger partial charge in [-0.25, -0.2) is 9.78 Å². The van der Waals surface area contributed by atoms with Crippen LogP contribution >= 0.6 is 11.6 Å². The Labute approximate surface area is 199 Å². The van der Waals surface area contributed by atoms with Crippen LogP contribution in [0.5, 0.6) is 0 Å². The molecular weight excluding hydrogens is 481 g/mol. The zero-order valence-corrected chi connectivity index (χ0v) is 19.3. The molecule has 0 saturated heterocycles. The normalized spacial score (nSPS) is 21.9. The lowest BCUT2D eigenvalue weighted by atomic mass is 9.63. The smallest absolute Gasteiger partial charge is 0.396 e. The highest BCUT2D eigenvalue weighted by Crippen LogP contribution is 2.64. The van der Waals surface area contributed by atoms with Crippen molar-refractivity contribution in [3.05, 3.63) is 35.1 Å². The van der Waals surface area contributed by atoms with Crippen LogP contribution in [0.2, 0.25) is 5.15 Å². The van der Waals surface area contributed by atoms with E-state index in [9.17, 15) is 33.3 Å². The molecule has 1 aliphatic carbocycles. The first-order valence-corrected chi connectivity index (χ1v) is 10.6. The Morgan fingerprint density at radius 3 is 2.41 bits per heavy atom. The first-order chi connectivity index (χ1) is 15.4. The van der Waals surface area contributed by atoms with Crippen molar-refractivity contribution in [1.29, 1.82) is 0 Å². The van der Waals surface area contributed by atoms with Crippen LogP contribution in [0.25, 0.3) is 0 Å². The lowest BCUT2D eigenvalue weighted by molar-refractivity contribution is -0.326. The van der Waals surface area contributed by atoms with Gasteiger partial charge in [0.2, 0.25) is 5.79 Å². The number of esters is 1. The third-order valence-electron chi connectivity index (χ3n) is 5.47. The number of ether oxygens (including phenoxy) is 2.